The molecule has 1 aromatic heterocycles. The molecule has 0 saturated carbocycles. The van der Waals surface area contributed by atoms with Crippen LogP contribution in [-0.4, -0.2) is 15.6 Å². The molecule has 0 unspecified atom stereocenters. The van der Waals surface area contributed by atoms with E-state index in [4.69, 9.17) is 5.11 Å². The first-order chi connectivity index (χ1) is 6.99. The third-order valence-corrected chi connectivity index (χ3v) is 2.97. The van der Waals surface area contributed by atoms with Crippen LogP contribution in [0.1, 0.15) is 16.1 Å². The third-order valence-electron chi connectivity index (χ3n) is 2.03. The van der Waals surface area contributed by atoms with Crippen molar-refractivity contribution in [3.05, 3.63) is 44.8 Å². The van der Waals surface area contributed by atoms with Gasteiger partial charge in [0.15, 0.2) is 0 Å². The van der Waals surface area contributed by atoms with Crippen LogP contribution in [0.25, 0.3) is 0 Å². The molecule has 1 N–H and O–H groups in total. The molecule has 0 aliphatic heterocycles. The summed E-state index contributed by atoms with van der Waals surface area (Å²) in [4.78, 5) is 22.3. The number of halogens is 1. The Hall–Kier alpha value is -1.36. The number of aromatic carboxylic acids is 1. The lowest BCUT2D eigenvalue weighted by atomic mass is 10.2. The fraction of sp³-hybridized carbons (Fsp3) is 0.200. The van der Waals surface area contributed by atoms with Crippen LogP contribution in [0.5, 0.6) is 0 Å². The number of allylic oxidation sites excluding steroid dienone is 1. The first kappa shape index (κ1) is 11.7. The summed E-state index contributed by atoms with van der Waals surface area (Å²) in [5.41, 5.74) is -0.0560. The highest BCUT2D eigenvalue weighted by atomic mass is 79.9. The monoisotopic (exact) mass is 271 g/mol. The van der Waals surface area contributed by atoms with Crippen molar-refractivity contribution in [1.29, 1.82) is 0 Å². The maximum atomic E-state index is 11.5. The standard InChI is InChI=1S/C10H10BrNO3/c1-3-4-12-5-7(10(14)15)9(13)8(11)6(12)2/h3,5H,1,4H2,2H3,(H,14,15). The van der Waals surface area contributed by atoms with Crippen molar-refractivity contribution >= 4 is 21.9 Å². The van der Waals surface area contributed by atoms with Crippen molar-refractivity contribution in [3.8, 4) is 0 Å². The predicted molar refractivity (Wildman–Crippen MR) is 60.3 cm³/mol. The van der Waals surface area contributed by atoms with E-state index in [9.17, 15) is 9.59 Å². The molecule has 5 heteroatoms. The molecule has 1 aromatic rings. The summed E-state index contributed by atoms with van der Waals surface area (Å²) in [6, 6.07) is 0. The first-order valence-electron chi connectivity index (χ1n) is 4.22. The van der Waals surface area contributed by atoms with Crippen molar-refractivity contribution in [2.75, 3.05) is 0 Å². The van der Waals surface area contributed by atoms with Crippen LogP contribution >= 0.6 is 15.9 Å². The zero-order valence-electron chi connectivity index (χ0n) is 8.16. The summed E-state index contributed by atoms with van der Waals surface area (Å²) in [5, 5.41) is 8.81. The maximum Gasteiger partial charge on any atom is 0.341 e. The molecule has 4 nitrogen and oxygen atoms in total. The van der Waals surface area contributed by atoms with E-state index in [0.29, 0.717) is 12.2 Å². The minimum atomic E-state index is -1.22. The van der Waals surface area contributed by atoms with E-state index in [1.165, 1.54) is 6.20 Å². The second-order valence-corrected chi connectivity index (χ2v) is 3.81. The SMILES string of the molecule is C=CCn1cc(C(=O)O)c(=O)c(Br)c1C. The molecular weight excluding hydrogens is 262 g/mol. The van der Waals surface area contributed by atoms with E-state index in [0.717, 1.165) is 0 Å². The summed E-state index contributed by atoms with van der Waals surface area (Å²) >= 11 is 3.09. The minimum absolute atomic E-state index is 0.241. The van der Waals surface area contributed by atoms with Crippen molar-refractivity contribution in [2.24, 2.45) is 0 Å². The third kappa shape index (κ3) is 2.18. The molecule has 0 aliphatic carbocycles. The Morgan fingerprint density at radius 1 is 1.73 bits per heavy atom. The van der Waals surface area contributed by atoms with Crippen molar-refractivity contribution in [2.45, 2.75) is 13.5 Å². The highest BCUT2D eigenvalue weighted by molar-refractivity contribution is 9.10. The Balaban J connectivity index is 3.52. The maximum absolute atomic E-state index is 11.5. The van der Waals surface area contributed by atoms with Crippen LogP contribution in [0.2, 0.25) is 0 Å². The van der Waals surface area contributed by atoms with E-state index in [2.05, 4.69) is 22.5 Å². The molecule has 0 fully saturated rings. The molecule has 0 aliphatic rings. The Bertz CT molecular complexity index is 476. The fourth-order valence-electron chi connectivity index (χ4n) is 1.20. The lowest BCUT2D eigenvalue weighted by molar-refractivity contribution is 0.0694. The molecule has 0 spiro atoms. The van der Waals surface area contributed by atoms with Gasteiger partial charge in [0.2, 0.25) is 5.43 Å². The topological polar surface area (TPSA) is 59.3 Å². The van der Waals surface area contributed by atoms with Gasteiger partial charge >= 0.3 is 5.97 Å². The number of carbonyl (C=O) groups is 1. The molecule has 0 saturated heterocycles. The van der Waals surface area contributed by atoms with E-state index in [-0.39, 0.29) is 10.0 Å². The van der Waals surface area contributed by atoms with Gasteiger partial charge in [-0.25, -0.2) is 4.79 Å². The first-order valence-corrected chi connectivity index (χ1v) is 5.02. The lowest BCUT2D eigenvalue weighted by Gasteiger charge is -2.10. The van der Waals surface area contributed by atoms with Gasteiger partial charge in [-0.15, -0.1) is 6.58 Å². The molecule has 0 bridgehead atoms. The van der Waals surface area contributed by atoms with Crippen LogP contribution in [0.3, 0.4) is 0 Å². The highest BCUT2D eigenvalue weighted by Gasteiger charge is 2.14. The Kier molecular flexibility index (Phi) is 3.47. The molecule has 0 amide bonds. The molecule has 0 aromatic carbocycles. The molecule has 15 heavy (non-hydrogen) atoms. The number of carboxylic acids is 1. The van der Waals surface area contributed by atoms with Crippen molar-refractivity contribution in [1.82, 2.24) is 4.57 Å². The molecular formula is C10H10BrNO3. The van der Waals surface area contributed by atoms with Gasteiger partial charge in [0, 0.05) is 18.4 Å². The second kappa shape index (κ2) is 4.44. The number of hydrogen-bond acceptors (Lipinski definition) is 2. The quantitative estimate of drug-likeness (QED) is 0.853. The average molecular weight is 272 g/mol. The zero-order valence-corrected chi connectivity index (χ0v) is 9.74. The van der Waals surface area contributed by atoms with Gasteiger partial charge in [-0.05, 0) is 22.9 Å². The largest absolute Gasteiger partial charge is 0.477 e. The molecule has 80 valence electrons. The van der Waals surface area contributed by atoms with Gasteiger partial charge in [-0.2, -0.15) is 0 Å². The van der Waals surface area contributed by atoms with E-state index in [1.54, 1.807) is 17.6 Å². The fourth-order valence-corrected chi connectivity index (χ4v) is 1.64. The smallest absolute Gasteiger partial charge is 0.341 e. The summed E-state index contributed by atoms with van der Waals surface area (Å²) in [6.45, 7) is 5.76. The normalized spacial score (nSPS) is 10.0. The Morgan fingerprint density at radius 2 is 2.33 bits per heavy atom. The summed E-state index contributed by atoms with van der Waals surface area (Å²) in [5.74, 6) is -1.22. The molecule has 0 radical (unpaired) electrons. The summed E-state index contributed by atoms with van der Waals surface area (Å²) < 4.78 is 1.94. The van der Waals surface area contributed by atoms with Crippen LogP contribution in [0.4, 0.5) is 0 Å². The van der Waals surface area contributed by atoms with Gasteiger partial charge in [-0.1, -0.05) is 6.08 Å². The van der Waals surface area contributed by atoms with E-state index < -0.39 is 11.4 Å². The number of aromatic nitrogens is 1. The van der Waals surface area contributed by atoms with Gasteiger partial charge in [0.05, 0.1) is 4.47 Å². The van der Waals surface area contributed by atoms with Gasteiger partial charge in [0.25, 0.3) is 0 Å². The summed E-state index contributed by atoms with van der Waals surface area (Å²) in [6.07, 6.45) is 2.96. The van der Waals surface area contributed by atoms with Gasteiger partial charge in [0.1, 0.15) is 5.56 Å². The summed E-state index contributed by atoms with van der Waals surface area (Å²) in [7, 11) is 0. The highest BCUT2D eigenvalue weighted by Crippen LogP contribution is 2.12. The minimum Gasteiger partial charge on any atom is -0.477 e. The average Bonchev–Trinajstić information content (AvgIpc) is 2.18. The van der Waals surface area contributed by atoms with E-state index in [1.807, 2.05) is 0 Å². The predicted octanol–water partition coefficient (Wildman–Crippen LogP) is 1.80. The van der Waals surface area contributed by atoms with Crippen LogP contribution in [-0.2, 0) is 6.54 Å². The Labute approximate surface area is 95.0 Å². The molecule has 1 heterocycles. The molecule has 0 atom stereocenters. The number of pyridine rings is 1. The number of hydrogen-bond donors (Lipinski definition) is 1. The number of carboxylic acid groups (broad SMARTS) is 1. The van der Waals surface area contributed by atoms with Crippen molar-refractivity contribution in [3.63, 3.8) is 0 Å². The van der Waals surface area contributed by atoms with E-state index >= 15 is 0 Å². The van der Waals surface area contributed by atoms with Crippen LogP contribution < -0.4 is 5.43 Å². The van der Waals surface area contributed by atoms with Gasteiger partial charge in [-0.3, -0.25) is 4.79 Å². The zero-order chi connectivity index (χ0) is 11.6. The van der Waals surface area contributed by atoms with Crippen LogP contribution in [0.15, 0.2) is 28.1 Å². The second-order valence-electron chi connectivity index (χ2n) is 3.02. The number of nitrogens with zero attached hydrogens (tertiary/aromatic N) is 1. The van der Waals surface area contributed by atoms with Crippen molar-refractivity contribution < 1.29 is 9.90 Å². The van der Waals surface area contributed by atoms with Crippen LogP contribution in [0, 0.1) is 6.92 Å². The Morgan fingerprint density at radius 3 is 2.80 bits per heavy atom. The lowest BCUT2D eigenvalue weighted by Crippen LogP contribution is -2.20. The van der Waals surface area contributed by atoms with Gasteiger partial charge < -0.3 is 9.67 Å². The molecule has 1 rings (SSSR count). The number of rotatable bonds is 3.